The number of aliphatic hydroxyl groups excluding tert-OH is 1. The van der Waals surface area contributed by atoms with Crippen LogP contribution >= 0.6 is 0 Å². The first-order valence-electron chi connectivity index (χ1n) is 9.50. The van der Waals surface area contributed by atoms with E-state index >= 15 is 0 Å². The maximum Gasteiger partial charge on any atom is 0.389 e. The number of nitrogens with zero attached hydrogens (tertiary/aromatic N) is 1. The standard InChI is InChI=1S/C21H22F3NO7/c1-12-3-4-15(9-18(12)25(29)30)31-10-14(27)11-32-19-6-5-16(13(2)26)20(28)17(19)7-8-21(22,23)24/h3-6,9,14,27-28H,7-8,10-11H2,1-2H3. The average molecular weight is 457 g/mol. The molecule has 174 valence electrons. The summed E-state index contributed by atoms with van der Waals surface area (Å²) in [5.74, 6) is -1.09. The number of hydrogen-bond acceptors (Lipinski definition) is 7. The lowest BCUT2D eigenvalue weighted by molar-refractivity contribution is -0.385. The number of rotatable bonds is 10. The van der Waals surface area contributed by atoms with Gasteiger partial charge in [0.1, 0.15) is 36.6 Å². The molecule has 1 unspecified atom stereocenters. The van der Waals surface area contributed by atoms with Crippen molar-refractivity contribution in [3.05, 3.63) is 57.1 Å². The third-order valence-corrected chi connectivity index (χ3v) is 4.53. The summed E-state index contributed by atoms with van der Waals surface area (Å²) in [5.41, 5.74) is -0.0494. The van der Waals surface area contributed by atoms with E-state index in [9.17, 15) is 38.3 Å². The van der Waals surface area contributed by atoms with Gasteiger partial charge in [-0.1, -0.05) is 0 Å². The Morgan fingerprint density at radius 3 is 2.44 bits per heavy atom. The van der Waals surface area contributed by atoms with Crippen molar-refractivity contribution in [2.24, 2.45) is 0 Å². The predicted molar refractivity (Wildman–Crippen MR) is 107 cm³/mol. The molecule has 0 aliphatic rings. The average Bonchev–Trinajstić information content (AvgIpc) is 2.69. The normalized spacial score (nSPS) is 12.3. The topological polar surface area (TPSA) is 119 Å². The number of halogens is 3. The van der Waals surface area contributed by atoms with Crippen LogP contribution in [0.2, 0.25) is 0 Å². The Morgan fingerprint density at radius 2 is 1.84 bits per heavy atom. The van der Waals surface area contributed by atoms with Crippen LogP contribution in [0.3, 0.4) is 0 Å². The molecule has 2 N–H and O–H groups in total. The quantitative estimate of drug-likeness (QED) is 0.313. The number of aliphatic hydroxyl groups is 1. The van der Waals surface area contributed by atoms with Crippen molar-refractivity contribution in [1.82, 2.24) is 0 Å². The van der Waals surface area contributed by atoms with E-state index in [0.29, 0.717) is 5.56 Å². The van der Waals surface area contributed by atoms with Gasteiger partial charge in [0.15, 0.2) is 5.78 Å². The molecular weight excluding hydrogens is 435 g/mol. The van der Waals surface area contributed by atoms with E-state index < -0.39 is 48.2 Å². The zero-order valence-corrected chi connectivity index (χ0v) is 17.3. The molecule has 2 aromatic rings. The van der Waals surface area contributed by atoms with Crippen LogP contribution in [-0.4, -0.2) is 46.4 Å². The van der Waals surface area contributed by atoms with Crippen LogP contribution in [0, 0.1) is 17.0 Å². The van der Waals surface area contributed by atoms with Crippen LogP contribution in [0.5, 0.6) is 17.2 Å². The fraction of sp³-hybridized carbons (Fsp3) is 0.381. The smallest absolute Gasteiger partial charge is 0.389 e. The zero-order valence-electron chi connectivity index (χ0n) is 17.3. The van der Waals surface area contributed by atoms with Crippen LogP contribution in [0.25, 0.3) is 0 Å². The summed E-state index contributed by atoms with van der Waals surface area (Å²) in [4.78, 5) is 22.0. The van der Waals surface area contributed by atoms with Crippen LogP contribution in [0.1, 0.15) is 34.8 Å². The molecule has 0 saturated carbocycles. The molecule has 32 heavy (non-hydrogen) atoms. The van der Waals surface area contributed by atoms with E-state index in [1.165, 1.54) is 37.3 Å². The van der Waals surface area contributed by atoms with Crippen molar-refractivity contribution >= 4 is 11.5 Å². The van der Waals surface area contributed by atoms with Gasteiger partial charge in [-0.15, -0.1) is 0 Å². The number of carbonyl (C=O) groups is 1. The molecule has 0 aromatic heterocycles. The highest BCUT2D eigenvalue weighted by Gasteiger charge is 2.29. The van der Waals surface area contributed by atoms with Gasteiger partial charge in [0.05, 0.1) is 16.6 Å². The molecule has 0 saturated heterocycles. The van der Waals surface area contributed by atoms with Gasteiger partial charge >= 0.3 is 6.18 Å². The molecule has 2 rings (SSSR count). The van der Waals surface area contributed by atoms with Gasteiger partial charge in [0.2, 0.25) is 0 Å². The minimum atomic E-state index is -4.49. The number of Topliss-reactive ketones (excluding diaryl/α,β-unsaturated/α-hetero) is 1. The number of benzene rings is 2. The Labute approximate surface area is 181 Å². The molecule has 0 fully saturated rings. The summed E-state index contributed by atoms with van der Waals surface area (Å²) in [6, 6.07) is 6.65. The molecule has 1 atom stereocenters. The van der Waals surface area contributed by atoms with Gasteiger partial charge in [-0.2, -0.15) is 13.2 Å². The number of ketones is 1. The van der Waals surface area contributed by atoms with E-state index in [2.05, 4.69) is 0 Å². The van der Waals surface area contributed by atoms with Gasteiger partial charge in [-0.3, -0.25) is 14.9 Å². The van der Waals surface area contributed by atoms with Crippen molar-refractivity contribution in [3.63, 3.8) is 0 Å². The highest BCUT2D eigenvalue weighted by atomic mass is 19.4. The number of nitro groups is 1. The van der Waals surface area contributed by atoms with Crippen LogP contribution in [-0.2, 0) is 6.42 Å². The Bertz CT molecular complexity index is 992. The molecule has 8 nitrogen and oxygen atoms in total. The van der Waals surface area contributed by atoms with Crippen LogP contribution in [0.4, 0.5) is 18.9 Å². The molecule has 0 spiro atoms. The number of phenolic OH excluding ortho intramolecular Hbond substituents is 1. The summed E-state index contributed by atoms with van der Waals surface area (Å²) in [7, 11) is 0. The van der Waals surface area contributed by atoms with Gasteiger partial charge in [0, 0.05) is 17.5 Å². The van der Waals surface area contributed by atoms with E-state index in [1.54, 1.807) is 6.92 Å². The minimum Gasteiger partial charge on any atom is -0.507 e. The second kappa shape index (κ2) is 10.3. The SMILES string of the molecule is CC(=O)c1ccc(OCC(O)COc2ccc(C)c([N+](=O)[O-])c2)c(CCC(F)(F)F)c1O. The third kappa shape index (κ3) is 6.84. The van der Waals surface area contributed by atoms with Crippen molar-refractivity contribution in [1.29, 1.82) is 0 Å². The van der Waals surface area contributed by atoms with Gasteiger partial charge in [-0.25, -0.2) is 0 Å². The number of aryl methyl sites for hydroxylation is 1. The molecule has 0 radical (unpaired) electrons. The highest BCUT2D eigenvalue weighted by Crippen LogP contribution is 2.35. The van der Waals surface area contributed by atoms with Crippen LogP contribution < -0.4 is 9.47 Å². The first-order chi connectivity index (χ1) is 14.9. The zero-order chi connectivity index (χ0) is 24.1. The summed E-state index contributed by atoms with van der Waals surface area (Å²) in [6.45, 7) is 2.02. The summed E-state index contributed by atoms with van der Waals surface area (Å²) in [6.07, 6.45) is -7.58. The molecular formula is C21H22F3NO7. The number of phenols is 1. The summed E-state index contributed by atoms with van der Waals surface area (Å²) in [5, 5.41) is 31.3. The molecule has 11 heteroatoms. The van der Waals surface area contributed by atoms with E-state index in [0.717, 1.165) is 0 Å². The van der Waals surface area contributed by atoms with E-state index in [1.807, 2.05) is 0 Å². The number of ether oxygens (including phenoxy) is 2. The second-order valence-corrected chi connectivity index (χ2v) is 7.09. The molecule has 0 aliphatic carbocycles. The molecule has 2 aromatic carbocycles. The number of aromatic hydroxyl groups is 1. The maximum atomic E-state index is 12.7. The first-order valence-corrected chi connectivity index (χ1v) is 9.50. The highest BCUT2D eigenvalue weighted by molar-refractivity contribution is 5.97. The van der Waals surface area contributed by atoms with E-state index in [-0.39, 0.29) is 34.9 Å². The summed E-state index contributed by atoms with van der Waals surface area (Å²) < 4.78 is 48.7. The van der Waals surface area contributed by atoms with E-state index in [4.69, 9.17) is 9.47 Å². The number of hydrogen-bond donors (Lipinski definition) is 2. The minimum absolute atomic E-state index is 0.109. The largest absolute Gasteiger partial charge is 0.507 e. The monoisotopic (exact) mass is 457 g/mol. The lowest BCUT2D eigenvalue weighted by atomic mass is 10.0. The van der Waals surface area contributed by atoms with Gasteiger partial charge in [-0.05, 0) is 44.5 Å². The van der Waals surface area contributed by atoms with Crippen molar-refractivity contribution in [3.8, 4) is 17.2 Å². The Hall–Kier alpha value is -3.34. The lowest BCUT2D eigenvalue weighted by Crippen LogP contribution is -2.25. The van der Waals surface area contributed by atoms with Gasteiger partial charge in [0.25, 0.3) is 5.69 Å². The van der Waals surface area contributed by atoms with Gasteiger partial charge < -0.3 is 19.7 Å². The van der Waals surface area contributed by atoms with Crippen molar-refractivity contribution in [2.75, 3.05) is 13.2 Å². The number of carbonyl (C=O) groups excluding carboxylic acids is 1. The molecule has 0 amide bonds. The maximum absolute atomic E-state index is 12.7. The van der Waals surface area contributed by atoms with Crippen molar-refractivity contribution < 1.29 is 42.6 Å². The Balaban J connectivity index is 2.07. The fourth-order valence-electron chi connectivity index (χ4n) is 2.85. The van der Waals surface area contributed by atoms with Crippen LogP contribution in [0.15, 0.2) is 30.3 Å². The molecule has 0 heterocycles. The third-order valence-electron chi connectivity index (χ3n) is 4.53. The second-order valence-electron chi connectivity index (χ2n) is 7.09. The fourth-order valence-corrected chi connectivity index (χ4v) is 2.85. The molecule has 0 bridgehead atoms. The van der Waals surface area contributed by atoms with Crippen molar-refractivity contribution in [2.45, 2.75) is 39.0 Å². The Kier molecular flexibility index (Phi) is 8.03. The number of alkyl halides is 3. The predicted octanol–water partition coefficient (Wildman–Crippen LogP) is 4.13. The molecule has 0 aliphatic heterocycles. The Morgan fingerprint density at radius 1 is 1.19 bits per heavy atom. The first kappa shape index (κ1) is 24.9. The number of nitro benzene ring substituents is 1. The summed E-state index contributed by atoms with van der Waals surface area (Å²) >= 11 is 0. The lowest BCUT2D eigenvalue weighted by Gasteiger charge is -2.18.